The zero-order valence-electron chi connectivity index (χ0n) is 14.3. The van der Waals surface area contributed by atoms with Crippen LogP contribution in [-0.4, -0.2) is 44.2 Å². The Morgan fingerprint density at radius 3 is 2.50 bits per heavy atom. The molecule has 0 fully saturated rings. The van der Waals surface area contributed by atoms with Crippen molar-refractivity contribution in [3.8, 4) is 5.75 Å². The van der Waals surface area contributed by atoms with E-state index in [9.17, 15) is 9.59 Å². The van der Waals surface area contributed by atoms with Crippen LogP contribution in [-0.2, 0) is 20.7 Å². The summed E-state index contributed by atoms with van der Waals surface area (Å²) in [7, 11) is 0. The highest BCUT2D eigenvalue weighted by molar-refractivity contribution is 5.87. The van der Waals surface area contributed by atoms with Gasteiger partial charge in [-0.1, -0.05) is 26.0 Å². The van der Waals surface area contributed by atoms with Crippen molar-refractivity contribution in [3.05, 3.63) is 29.8 Å². The molecule has 6 heteroatoms. The first-order valence-corrected chi connectivity index (χ1v) is 8.43. The Kier molecular flexibility index (Phi) is 7.06. The highest BCUT2D eigenvalue weighted by atomic mass is 16.5. The zero-order valence-corrected chi connectivity index (χ0v) is 14.3. The van der Waals surface area contributed by atoms with Crippen LogP contribution in [0.5, 0.6) is 5.75 Å². The molecule has 0 spiro atoms. The predicted molar refractivity (Wildman–Crippen MR) is 90.9 cm³/mol. The van der Waals surface area contributed by atoms with Crippen molar-refractivity contribution in [3.63, 3.8) is 0 Å². The number of carbonyl (C=O) groups excluding carboxylic acids is 2. The van der Waals surface area contributed by atoms with Crippen LogP contribution in [0.4, 0.5) is 0 Å². The Labute approximate surface area is 142 Å². The molecule has 2 aliphatic heterocycles. The Morgan fingerprint density at radius 2 is 1.79 bits per heavy atom. The van der Waals surface area contributed by atoms with E-state index in [2.05, 4.69) is 10.6 Å². The number of benzene rings is 1. The number of hydrogen-bond donors (Lipinski definition) is 2. The minimum absolute atomic E-state index is 0.0182. The van der Waals surface area contributed by atoms with Gasteiger partial charge in [0.25, 0.3) is 0 Å². The molecular formula is C18H26N2O4. The molecule has 0 radical (unpaired) electrons. The summed E-state index contributed by atoms with van der Waals surface area (Å²) in [6, 6.07) is 7.17. The standard InChI is InChI=1S/C18H26N2O4/c1-13(2)17-18(22)19-9-10-23-11-12-24-15-6-3-14(4-7-15)5-8-16(21)20-17/h3-4,6-7,13,17H,5,8-12H2,1-2H3,(H,19,22)(H,20,21). The predicted octanol–water partition coefficient (Wildman–Crippen LogP) is 1.29. The van der Waals surface area contributed by atoms with Gasteiger partial charge in [-0.2, -0.15) is 0 Å². The van der Waals surface area contributed by atoms with Gasteiger partial charge >= 0.3 is 0 Å². The molecule has 0 aromatic heterocycles. The van der Waals surface area contributed by atoms with Crippen molar-refractivity contribution < 1.29 is 19.1 Å². The number of nitrogens with one attached hydrogen (secondary N) is 2. The topological polar surface area (TPSA) is 76.7 Å². The van der Waals surface area contributed by atoms with Crippen LogP contribution in [0.15, 0.2) is 24.3 Å². The summed E-state index contributed by atoms with van der Waals surface area (Å²) in [4.78, 5) is 24.4. The molecule has 24 heavy (non-hydrogen) atoms. The normalized spacial score (nSPS) is 20.9. The third-order valence-electron chi connectivity index (χ3n) is 3.87. The second-order valence-corrected chi connectivity index (χ2v) is 6.19. The van der Waals surface area contributed by atoms with E-state index >= 15 is 0 Å². The second kappa shape index (κ2) is 9.27. The molecule has 0 saturated carbocycles. The summed E-state index contributed by atoms with van der Waals surface area (Å²) >= 11 is 0. The number of fused-ring (bicyclic) bond motifs is 14. The summed E-state index contributed by atoms with van der Waals surface area (Å²) in [6.45, 7) is 5.57. The molecule has 0 saturated heterocycles. The average Bonchev–Trinajstić information content (AvgIpc) is 2.57. The molecule has 1 atom stereocenters. The Morgan fingerprint density at radius 1 is 1.04 bits per heavy atom. The lowest BCUT2D eigenvalue weighted by Crippen LogP contribution is -2.50. The molecule has 2 amide bonds. The van der Waals surface area contributed by atoms with Crippen LogP contribution in [0.2, 0.25) is 0 Å². The molecule has 3 rings (SSSR count). The van der Waals surface area contributed by atoms with Crippen LogP contribution in [0.25, 0.3) is 0 Å². The zero-order chi connectivity index (χ0) is 17.4. The Hall–Kier alpha value is -2.08. The van der Waals surface area contributed by atoms with Crippen LogP contribution < -0.4 is 15.4 Å². The first-order valence-electron chi connectivity index (χ1n) is 8.43. The number of rotatable bonds is 1. The lowest BCUT2D eigenvalue weighted by molar-refractivity contribution is -0.130. The third-order valence-corrected chi connectivity index (χ3v) is 3.87. The summed E-state index contributed by atoms with van der Waals surface area (Å²) in [5.74, 6) is 0.505. The molecule has 2 N–H and O–H groups in total. The second-order valence-electron chi connectivity index (χ2n) is 6.19. The first-order chi connectivity index (χ1) is 11.6. The number of amides is 2. The lowest BCUT2D eigenvalue weighted by Gasteiger charge is -2.21. The number of ether oxygens (including phenoxy) is 2. The van der Waals surface area contributed by atoms with E-state index in [0.29, 0.717) is 39.2 Å². The molecule has 2 aliphatic rings. The van der Waals surface area contributed by atoms with E-state index in [-0.39, 0.29) is 17.7 Å². The van der Waals surface area contributed by atoms with E-state index in [1.807, 2.05) is 38.1 Å². The van der Waals surface area contributed by atoms with Gasteiger partial charge in [0.2, 0.25) is 11.8 Å². The SMILES string of the molecule is CC(C)C1NC(=O)CCc2ccc(cc2)OCCOCCNC1=O. The van der Waals surface area contributed by atoms with Gasteiger partial charge in [-0.15, -0.1) is 0 Å². The maximum absolute atomic E-state index is 12.2. The fourth-order valence-electron chi connectivity index (χ4n) is 2.47. The van der Waals surface area contributed by atoms with Gasteiger partial charge in [-0.3, -0.25) is 9.59 Å². The smallest absolute Gasteiger partial charge is 0.242 e. The van der Waals surface area contributed by atoms with Gasteiger partial charge in [-0.05, 0) is 30.0 Å². The molecule has 132 valence electrons. The Bertz CT molecular complexity index is 542. The van der Waals surface area contributed by atoms with Crippen molar-refractivity contribution in [1.82, 2.24) is 10.6 Å². The van der Waals surface area contributed by atoms with Crippen LogP contribution in [0.3, 0.4) is 0 Å². The van der Waals surface area contributed by atoms with E-state index in [1.54, 1.807) is 0 Å². The average molecular weight is 334 g/mol. The van der Waals surface area contributed by atoms with Crippen molar-refractivity contribution in [2.75, 3.05) is 26.4 Å². The largest absolute Gasteiger partial charge is 0.491 e. The fourth-order valence-corrected chi connectivity index (χ4v) is 2.47. The van der Waals surface area contributed by atoms with Gasteiger partial charge in [-0.25, -0.2) is 0 Å². The molecule has 1 unspecified atom stereocenters. The van der Waals surface area contributed by atoms with E-state index < -0.39 is 6.04 Å². The minimum atomic E-state index is -0.529. The Balaban J connectivity index is 2.03. The fraction of sp³-hybridized carbons (Fsp3) is 0.556. The lowest BCUT2D eigenvalue weighted by atomic mass is 10.0. The van der Waals surface area contributed by atoms with Gasteiger partial charge in [0.1, 0.15) is 18.4 Å². The van der Waals surface area contributed by atoms with Gasteiger partial charge in [0.15, 0.2) is 0 Å². The molecule has 2 heterocycles. The van der Waals surface area contributed by atoms with Crippen molar-refractivity contribution in [2.45, 2.75) is 32.7 Å². The minimum Gasteiger partial charge on any atom is -0.491 e. The van der Waals surface area contributed by atoms with Crippen LogP contribution in [0, 0.1) is 5.92 Å². The molecule has 2 bridgehead atoms. The summed E-state index contributed by atoms with van der Waals surface area (Å²) in [5.41, 5.74) is 1.06. The highest BCUT2D eigenvalue weighted by Gasteiger charge is 2.23. The molecule has 6 nitrogen and oxygen atoms in total. The van der Waals surface area contributed by atoms with Gasteiger partial charge < -0.3 is 20.1 Å². The van der Waals surface area contributed by atoms with E-state index in [1.165, 1.54) is 0 Å². The van der Waals surface area contributed by atoms with Crippen molar-refractivity contribution >= 4 is 11.8 Å². The first kappa shape index (κ1) is 18.3. The number of aryl methyl sites for hydroxylation is 1. The molecule has 0 aliphatic carbocycles. The van der Waals surface area contributed by atoms with E-state index in [4.69, 9.17) is 9.47 Å². The van der Waals surface area contributed by atoms with Crippen molar-refractivity contribution in [1.29, 1.82) is 0 Å². The monoisotopic (exact) mass is 334 g/mol. The maximum Gasteiger partial charge on any atom is 0.242 e. The summed E-state index contributed by atoms with van der Waals surface area (Å²) in [6.07, 6.45) is 0.974. The highest BCUT2D eigenvalue weighted by Crippen LogP contribution is 2.13. The molecule has 1 aromatic carbocycles. The number of carbonyl (C=O) groups is 2. The van der Waals surface area contributed by atoms with Crippen LogP contribution in [0.1, 0.15) is 25.8 Å². The van der Waals surface area contributed by atoms with Gasteiger partial charge in [0.05, 0.1) is 13.2 Å². The number of hydrogen-bond acceptors (Lipinski definition) is 4. The molecular weight excluding hydrogens is 308 g/mol. The third kappa shape index (κ3) is 5.85. The van der Waals surface area contributed by atoms with E-state index in [0.717, 1.165) is 11.3 Å². The molecule has 1 aromatic rings. The quantitative estimate of drug-likeness (QED) is 0.759. The van der Waals surface area contributed by atoms with Crippen molar-refractivity contribution in [2.24, 2.45) is 5.92 Å². The van der Waals surface area contributed by atoms with Gasteiger partial charge in [0, 0.05) is 13.0 Å². The summed E-state index contributed by atoms with van der Waals surface area (Å²) in [5, 5.41) is 5.64. The van der Waals surface area contributed by atoms with Crippen LogP contribution >= 0.6 is 0 Å². The maximum atomic E-state index is 12.2. The summed E-state index contributed by atoms with van der Waals surface area (Å²) < 4.78 is 11.0.